The zero-order valence-corrected chi connectivity index (χ0v) is 9.17. The summed E-state index contributed by atoms with van der Waals surface area (Å²) >= 11 is 0. The molecule has 0 rings (SSSR count). The van der Waals surface area contributed by atoms with Crippen molar-refractivity contribution in [3.05, 3.63) is 23.3 Å². The van der Waals surface area contributed by atoms with Gasteiger partial charge in [-0.15, -0.1) is 0 Å². The van der Waals surface area contributed by atoms with Crippen molar-refractivity contribution in [3.63, 3.8) is 0 Å². The van der Waals surface area contributed by atoms with Crippen molar-refractivity contribution < 1.29 is 0 Å². The van der Waals surface area contributed by atoms with Crippen LogP contribution in [0.25, 0.3) is 0 Å². The summed E-state index contributed by atoms with van der Waals surface area (Å²) in [6.07, 6.45) is 5.14. The molecule has 2 heteroatoms. The molecule has 0 amide bonds. The van der Waals surface area contributed by atoms with Gasteiger partial charge < -0.3 is 11.5 Å². The Morgan fingerprint density at radius 2 is 1.77 bits per heavy atom. The third-order valence-electron chi connectivity index (χ3n) is 1.64. The van der Waals surface area contributed by atoms with Gasteiger partial charge in [0.2, 0.25) is 0 Å². The summed E-state index contributed by atoms with van der Waals surface area (Å²) in [5.41, 5.74) is 13.9. The van der Waals surface area contributed by atoms with Gasteiger partial charge >= 0.3 is 0 Å². The minimum Gasteiger partial charge on any atom is -0.328 e. The van der Waals surface area contributed by atoms with Crippen molar-refractivity contribution in [1.82, 2.24) is 0 Å². The molecule has 0 aromatic carbocycles. The van der Waals surface area contributed by atoms with Crippen LogP contribution in [-0.2, 0) is 0 Å². The van der Waals surface area contributed by atoms with E-state index >= 15 is 0 Å². The van der Waals surface area contributed by atoms with Gasteiger partial charge in [-0.3, -0.25) is 0 Å². The molecule has 2 unspecified atom stereocenters. The molecule has 0 saturated heterocycles. The molecule has 0 spiro atoms. The average molecular weight is 182 g/mol. The largest absolute Gasteiger partial charge is 0.328 e. The first kappa shape index (κ1) is 12.4. The lowest BCUT2D eigenvalue weighted by atomic mass is 10.1. The molecular formula is C11H22N2. The molecule has 2 nitrogen and oxygen atoms in total. The van der Waals surface area contributed by atoms with Gasteiger partial charge in [-0.1, -0.05) is 23.3 Å². The van der Waals surface area contributed by atoms with Gasteiger partial charge in [0.25, 0.3) is 0 Å². The minimum absolute atomic E-state index is 0.124. The van der Waals surface area contributed by atoms with E-state index in [1.54, 1.807) is 0 Å². The molecule has 2 atom stereocenters. The normalized spacial score (nSPS) is 18.6. The number of hydrogen-bond donors (Lipinski definition) is 2. The monoisotopic (exact) mass is 182 g/mol. The highest BCUT2D eigenvalue weighted by Crippen LogP contribution is 2.07. The Hall–Kier alpha value is -0.600. The van der Waals surface area contributed by atoms with E-state index in [4.69, 9.17) is 11.5 Å². The maximum absolute atomic E-state index is 5.69. The van der Waals surface area contributed by atoms with Crippen molar-refractivity contribution in [2.75, 3.05) is 0 Å². The van der Waals surface area contributed by atoms with Crippen LogP contribution in [0.15, 0.2) is 23.3 Å². The zero-order valence-electron chi connectivity index (χ0n) is 9.17. The van der Waals surface area contributed by atoms with Crippen molar-refractivity contribution in [2.45, 2.75) is 46.2 Å². The number of allylic oxidation sites excluding steroid dienone is 2. The van der Waals surface area contributed by atoms with Gasteiger partial charge in [0.15, 0.2) is 0 Å². The molecule has 0 saturated carbocycles. The lowest BCUT2D eigenvalue weighted by Gasteiger charge is -2.05. The van der Waals surface area contributed by atoms with Gasteiger partial charge in [0, 0.05) is 12.1 Å². The molecule has 76 valence electrons. The Bertz CT molecular complexity index is 200. The summed E-state index contributed by atoms with van der Waals surface area (Å²) in [7, 11) is 0. The van der Waals surface area contributed by atoms with Crippen LogP contribution in [0, 0.1) is 0 Å². The molecule has 0 aromatic heterocycles. The number of nitrogens with two attached hydrogens (primary N) is 2. The molecular weight excluding hydrogens is 160 g/mol. The summed E-state index contributed by atoms with van der Waals surface area (Å²) < 4.78 is 0. The second-order valence-corrected chi connectivity index (χ2v) is 3.94. The second kappa shape index (κ2) is 5.95. The van der Waals surface area contributed by atoms with Crippen LogP contribution in [0.4, 0.5) is 0 Å². The van der Waals surface area contributed by atoms with Crippen LogP contribution in [0.1, 0.15) is 34.1 Å². The third-order valence-corrected chi connectivity index (χ3v) is 1.64. The lowest BCUT2D eigenvalue weighted by molar-refractivity contribution is 0.731. The highest BCUT2D eigenvalue weighted by molar-refractivity contribution is 5.22. The van der Waals surface area contributed by atoms with Crippen molar-refractivity contribution in [2.24, 2.45) is 11.5 Å². The number of rotatable bonds is 4. The first-order chi connectivity index (χ1) is 5.91. The molecule has 0 fully saturated rings. The van der Waals surface area contributed by atoms with Crippen LogP contribution in [0.5, 0.6) is 0 Å². The second-order valence-electron chi connectivity index (χ2n) is 3.94. The predicted molar refractivity (Wildman–Crippen MR) is 59.4 cm³/mol. The van der Waals surface area contributed by atoms with Gasteiger partial charge in [-0.25, -0.2) is 0 Å². The number of hydrogen-bond acceptors (Lipinski definition) is 2. The summed E-state index contributed by atoms with van der Waals surface area (Å²) in [5.74, 6) is 0. The van der Waals surface area contributed by atoms with Gasteiger partial charge in [-0.2, -0.15) is 0 Å². The zero-order chi connectivity index (χ0) is 10.4. The Morgan fingerprint density at radius 1 is 1.23 bits per heavy atom. The van der Waals surface area contributed by atoms with E-state index in [1.165, 1.54) is 11.1 Å². The molecule has 0 aliphatic carbocycles. The fourth-order valence-corrected chi connectivity index (χ4v) is 1.42. The van der Waals surface area contributed by atoms with E-state index in [0.29, 0.717) is 0 Å². The van der Waals surface area contributed by atoms with Crippen molar-refractivity contribution in [1.29, 1.82) is 0 Å². The molecule has 0 bridgehead atoms. The topological polar surface area (TPSA) is 52.0 Å². The SMILES string of the molecule is C/C(=C/C(C)=C/C(C)N)CC(C)N. The quantitative estimate of drug-likeness (QED) is 0.653. The summed E-state index contributed by atoms with van der Waals surface area (Å²) in [6, 6.07) is 0.360. The van der Waals surface area contributed by atoms with E-state index in [-0.39, 0.29) is 12.1 Å². The van der Waals surface area contributed by atoms with E-state index in [1.807, 2.05) is 19.9 Å². The molecule has 0 radical (unpaired) electrons. The molecule has 0 aliphatic heterocycles. The van der Waals surface area contributed by atoms with Crippen LogP contribution < -0.4 is 11.5 Å². The molecule has 4 N–H and O–H groups in total. The van der Waals surface area contributed by atoms with Gasteiger partial charge in [-0.05, 0) is 34.1 Å². The smallest absolute Gasteiger partial charge is 0.0200 e. The Kier molecular flexibility index (Phi) is 5.67. The molecule has 0 aliphatic rings. The van der Waals surface area contributed by atoms with Crippen LogP contribution >= 0.6 is 0 Å². The summed E-state index contributed by atoms with van der Waals surface area (Å²) in [4.78, 5) is 0. The minimum atomic E-state index is 0.124. The first-order valence-electron chi connectivity index (χ1n) is 4.78. The highest BCUT2D eigenvalue weighted by Gasteiger charge is 1.96. The molecule has 13 heavy (non-hydrogen) atoms. The Morgan fingerprint density at radius 3 is 2.15 bits per heavy atom. The summed E-state index contributed by atoms with van der Waals surface area (Å²) in [5, 5.41) is 0. The maximum Gasteiger partial charge on any atom is 0.0200 e. The fourth-order valence-electron chi connectivity index (χ4n) is 1.42. The lowest BCUT2D eigenvalue weighted by Crippen LogP contribution is -2.14. The average Bonchev–Trinajstić information content (AvgIpc) is 1.80. The summed E-state index contributed by atoms with van der Waals surface area (Å²) in [6.45, 7) is 8.15. The van der Waals surface area contributed by atoms with E-state index in [9.17, 15) is 0 Å². The fraction of sp³-hybridized carbons (Fsp3) is 0.636. The molecule has 0 heterocycles. The van der Waals surface area contributed by atoms with Crippen molar-refractivity contribution >= 4 is 0 Å². The van der Waals surface area contributed by atoms with E-state index in [2.05, 4.69) is 19.9 Å². The Labute approximate surface area is 81.7 Å². The molecule has 0 aromatic rings. The predicted octanol–water partition coefficient (Wildman–Crippen LogP) is 1.96. The van der Waals surface area contributed by atoms with Crippen LogP contribution in [-0.4, -0.2) is 12.1 Å². The van der Waals surface area contributed by atoms with Gasteiger partial charge in [0.05, 0.1) is 0 Å². The van der Waals surface area contributed by atoms with Crippen LogP contribution in [0.2, 0.25) is 0 Å². The van der Waals surface area contributed by atoms with Crippen molar-refractivity contribution in [3.8, 4) is 0 Å². The van der Waals surface area contributed by atoms with E-state index in [0.717, 1.165) is 6.42 Å². The highest BCUT2D eigenvalue weighted by atomic mass is 14.6. The van der Waals surface area contributed by atoms with Gasteiger partial charge in [0.1, 0.15) is 0 Å². The Balaban J connectivity index is 4.21. The third kappa shape index (κ3) is 7.75. The maximum atomic E-state index is 5.69. The standard InChI is InChI=1S/C11H22N2/c1-8(6-10(3)12)5-9(2)7-11(4)13/h5-6,10-11H,7,12-13H2,1-4H3/b8-6+,9-5-. The first-order valence-corrected chi connectivity index (χ1v) is 4.78. The van der Waals surface area contributed by atoms with E-state index < -0.39 is 0 Å². The van der Waals surface area contributed by atoms with Crippen LogP contribution in [0.3, 0.4) is 0 Å².